The summed E-state index contributed by atoms with van der Waals surface area (Å²) in [6.07, 6.45) is 2.56. The SMILES string of the molecule is CC1(NC(=O)CN(CC(=O)O)CC2CC2)CCS(=O)(=O)C1. The van der Waals surface area contributed by atoms with Gasteiger partial charge in [-0.25, -0.2) is 8.42 Å². The van der Waals surface area contributed by atoms with E-state index in [9.17, 15) is 18.0 Å². The van der Waals surface area contributed by atoms with Crippen LogP contribution in [0.3, 0.4) is 0 Å². The first kappa shape index (κ1) is 16.2. The molecule has 0 bridgehead atoms. The summed E-state index contributed by atoms with van der Waals surface area (Å²) in [4.78, 5) is 24.5. The second-order valence-electron chi connectivity index (χ2n) is 6.46. The van der Waals surface area contributed by atoms with E-state index in [0.717, 1.165) is 12.8 Å². The number of carboxylic acid groups (broad SMARTS) is 1. The minimum absolute atomic E-state index is 0.00155. The number of hydrogen-bond acceptors (Lipinski definition) is 5. The van der Waals surface area contributed by atoms with Gasteiger partial charge < -0.3 is 10.4 Å². The van der Waals surface area contributed by atoms with Crippen molar-refractivity contribution in [2.75, 3.05) is 31.1 Å². The van der Waals surface area contributed by atoms with Crippen LogP contribution in [0.2, 0.25) is 0 Å². The Balaban J connectivity index is 1.87. The van der Waals surface area contributed by atoms with Crippen LogP contribution < -0.4 is 5.32 Å². The first-order valence-corrected chi connectivity index (χ1v) is 8.95. The third-order valence-electron chi connectivity index (χ3n) is 3.88. The molecule has 2 aliphatic rings. The highest BCUT2D eigenvalue weighted by atomic mass is 32.2. The highest BCUT2D eigenvalue weighted by Crippen LogP contribution is 2.29. The molecule has 1 saturated heterocycles. The van der Waals surface area contributed by atoms with Gasteiger partial charge in [-0.05, 0) is 32.1 Å². The lowest BCUT2D eigenvalue weighted by molar-refractivity contribution is -0.138. The van der Waals surface area contributed by atoms with Crippen LogP contribution in [0.15, 0.2) is 0 Å². The lowest BCUT2D eigenvalue weighted by atomic mass is 10.0. The smallest absolute Gasteiger partial charge is 0.317 e. The number of rotatable bonds is 7. The Morgan fingerprint density at radius 3 is 2.48 bits per heavy atom. The number of amides is 1. The molecule has 1 atom stereocenters. The van der Waals surface area contributed by atoms with Gasteiger partial charge in [0.05, 0.1) is 30.1 Å². The van der Waals surface area contributed by atoms with Gasteiger partial charge in [0.15, 0.2) is 9.84 Å². The molecule has 0 radical (unpaired) electrons. The van der Waals surface area contributed by atoms with Crippen molar-refractivity contribution in [1.82, 2.24) is 10.2 Å². The fourth-order valence-corrected chi connectivity index (χ4v) is 4.82. The molecule has 1 heterocycles. The van der Waals surface area contributed by atoms with Crippen LogP contribution in [-0.2, 0) is 19.4 Å². The van der Waals surface area contributed by atoms with E-state index in [1.54, 1.807) is 11.8 Å². The zero-order valence-electron chi connectivity index (χ0n) is 12.2. The summed E-state index contributed by atoms with van der Waals surface area (Å²) in [5, 5.41) is 11.6. The standard InChI is InChI=1S/C13H22N2O5S/c1-13(4-5-21(19,20)9-13)14-11(16)7-15(8-12(17)18)6-10-2-3-10/h10H,2-9H2,1H3,(H,14,16)(H,17,18). The van der Waals surface area contributed by atoms with Crippen LogP contribution in [0.25, 0.3) is 0 Å². The summed E-state index contributed by atoms with van der Waals surface area (Å²) in [7, 11) is -3.08. The van der Waals surface area contributed by atoms with Crippen molar-refractivity contribution < 1.29 is 23.1 Å². The average molecular weight is 318 g/mol. The maximum Gasteiger partial charge on any atom is 0.317 e. The van der Waals surface area contributed by atoms with Crippen LogP contribution in [0, 0.1) is 5.92 Å². The summed E-state index contributed by atoms with van der Waals surface area (Å²) < 4.78 is 23.0. The number of carboxylic acids is 1. The summed E-state index contributed by atoms with van der Waals surface area (Å²) in [6, 6.07) is 0. The Bertz CT molecular complexity index is 529. The molecular formula is C13H22N2O5S. The molecule has 2 fully saturated rings. The van der Waals surface area contributed by atoms with Gasteiger partial charge in [0.25, 0.3) is 0 Å². The largest absolute Gasteiger partial charge is 0.480 e. The maximum atomic E-state index is 12.1. The van der Waals surface area contributed by atoms with Gasteiger partial charge in [0.1, 0.15) is 0 Å². The Labute approximate surface area is 124 Å². The van der Waals surface area contributed by atoms with E-state index in [1.807, 2.05) is 0 Å². The number of aliphatic carboxylic acids is 1. The van der Waals surface area contributed by atoms with Gasteiger partial charge in [0, 0.05) is 6.54 Å². The van der Waals surface area contributed by atoms with Crippen molar-refractivity contribution in [3.63, 3.8) is 0 Å². The molecule has 0 aromatic rings. The molecule has 0 aromatic heterocycles. The van der Waals surface area contributed by atoms with Crippen molar-refractivity contribution in [3.8, 4) is 0 Å². The zero-order valence-corrected chi connectivity index (χ0v) is 13.0. The Hall–Kier alpha value is -1.15. The maximum absolute atomic E-state index is 12.1. The molecule has 1 unspecified atom stereocenters. The van der Waals surface area contributed by atoms with E-state index in [2.05, 4.69) is 5.32 Å². The number of sulfone groups is 1. The number of carbonyl (C=O) groups is 2. The number of nitrogens with zero attached hydrogens (tertiary/aromatic N) is 1. The predicted octanol–water partition coefficient (Wildman–Crippen LogP) is -0.524. The van der Waals surface area contributed by atoms with Gasteiger partial charge in [-0.1, -0.05) is 0 Å². The first-order valence-electron chi connectivity index (χ1n) is 7.13. The Kier molecular flexibility index (Phi) is 4.57. The molecule has 2 rings (SSSR count). The van der Waals surface area contributed by atoms with Crippen molar-refractivity contribution in [1.29, 1.82) is 0 Å². The van der Waals surface area contributed by atoms with Gasteiger partial charge in [-0.15, -0.1) is 0 Å². The summed E-state index contributed by atoms with van der Waals surface area (Å²) in [5.74, 6) is -0.743. The van der Waals surface area contributed by atoms with Crippen LogP contribution >= 0.6 is 0 Å². The Morgan fingerprint density at radius 2 is 2.00 bits per heavy atom. The van der Waals surface area contributed by atoms with Crippen LogP contribution in [0.5, 0.6) is 0 Å². The highest BCUT2D eigenvalue weighted by molar-refractivity contribution is 7.91. The van der Waals surface area contributed by atoms with Gasteiger partial charge in [-0.2, -0.15) is 0 Å². The van der Waals surface area contributed by atoms with Crippen molar-refractivity contribution in [2.45, 2.75) is 31.7 Å². The number of nitrogens with one attached hydrogen (secondary N) is 1. The van der Waals surface area contributed by atoms with E-state index >= 15 is 0 Å². The molecule has 1 aliphatic heterocycles. The molecule has 1 aliphatic carbocycles. The topological polar surface area (TPSA) is 104 Å². The molecule has 2 N–H and O–H groups in total. The van der Waals surface area contributed by atoms with Gasteiger partial charge in [0.2, 0.25) is 5.91 Å². The molecule has 0 aromatic carbocycles. The molecule has 0 spiro atoms. The summed E-state index contributed by atoms with van der Waals surface area (Å²) in [5.41, 5.74) is -0.732. The van der Waals surface area contributed by atoms with Gasteiger partial charge in [-0.3, -0.25) is 14.5 Å². The second-order valence-corrected chi connectivity index (χ2v) is 8.64. The second kappa shape index (κ2) is 5.92. The lowest BCUT2D eigenvalue weighted by Crippen LogP contribution is -2.51. The van der Waals surface area contributed by atoms with Crippen molar-refractivity contribution in [2.24, 2.45) is 5.92 Å². The van der Waals surface area contributed by atoms with Gasteiger partial charge >= 0.3 is 5.97 Å². The first-order chi connectivity index (χ1) is 9.67. The summed E-state index contributed by atoms with van der Waals surface area (Å²) >= 11 is 0. The average Bonchev–Trinajstić information content (AvgIpc) is 3.03. The Morgan fingerprint density at radius 1 is 1.33 bits per heavy atom. The number of carbonyl (C=O) groups excluding carboxylic acids is 1. The van der Waals surface area contributed by atoms with Crippen LogP contribution in [0.1, 0.15) is 26.2 Å². The fourth-order valence-electron chi connectivity index (χ4n) is 2.73. The third-order valence-corrected chi connectivity index (χ3v) is 5.79. The van der Waals surface area contributed by atoms with Crippen molar-refractivity contribution >= 4 is 21.7 Å². The van der Waals surface area contributed by atoms with E-state index in [1.165, 1.54) is 0 Å². The van der Waals surface area contributed by atoms with Crippen LogP contribution in [0.4, 0.5) is 0 Å². The monoisotopic (exact) mass is 318 g/mol. The normalized spacial score (nSPS) is 27.7. The van der Waals surface area contributed by atoms with Crippen molar-refractivity contribution in [3.05, 3.63) is 0 Å². The fraction of sp³-hybridized carbons (Fsp3) is 0.846. The highest BCUT2D eigenvalue weighted by Gasteiger charge is 2.39. The van der Waals surface area contributed by atoms with Crippen LogP contribution in [-0.4, -0.2) is 67.0 Å². The molecule has 1 saturated carbocycles. The molecule has 120 valence electrons. The van der Waals surface area contributed by atoms with E-state index in [4.69, 9.17) is 5.11 Å². The predicted molar refractivity (Wildman–Crippen MR) is 76.6 cm³/mol. The van der Waals surface area contributed by atoms with E-state index in [0.29, 0.717) is 18.9 Å². The minimum atomic E-state index is -3.08. The summed E-state index contributed by atoms with van der Waals surface area (Å²) in [6.45, 7) is 2.16. The zero-order chi connectivity index (χ0) is 15.7. The van der Waals surface area contributed by atoms with E-state index < -0.39 is 21.3 Å². The quantitative estimate of drug-likeness (QED) is 0.654. The molecule has 8 heteroatoms. The third kappa shape index (κ3) is 5.28. The molecular weight excluding hydrogens is 296 g/mol. The lowest BCUT2D eigenvalue weighted by Gasteiger charge is -2.26. The molecule has 1 amide bonds. The number of hydrogen-bond donors (Lipinski definition) is 2. The molecule has 21 heavy (non-hydrogen) atoms. The minimum Gasteiger partial charge on any atom is -0.480 e. The molecule has 7 nitrogen and oxygen atoms in total. The van der Waals surface area contributed by atoms with E-state index in [-0.39, 0.29) is 30.5 Å².